The molecule has 1 aliphatic heterocycles. The van der Waals surface area contributed by atoms with Gasteiger partial charge in [0.15, 0.2) is 17.2 Å². The smallest absolute Gasteiger partial charge is 0.247 e. The Morgan fingerprint density at radius 2 is 1.96 bits per heavy atom. The third-order valence-corrected chi connectivity index (χ3v) is 5.27. The maximum atomic E-state index is 6.27. The Morgan fingerprint density at radius 1 is 1.14 bits per heavy atom. The van der Waals surface area contributed by atoms with E-state index >= 15 is 0 Å². The summed E-state index contributed by atoms with van der Waals surface area (Å²) >= 11 is 4.94. The molecule has 2 aromatic carbocycles. The average Bonchev–Trinajstić information content (AvgIpc) is 2.89. The van der Waals surface area contributed by atoms with E-state index in [9.17, 15) is 0 Å². The summed E-state index contributed by atoms with van der Waals surface area (Å²) in [4.78, 5) is 4.53. The summed E-state index contributed by atoms with van der Waals surface area (Å²) < 4.78 is 18.2. The van der Waals surface area contributed by atoms with Crippen LogP contribution in [0.4, 0.5) is 5.69 Å². The fourth-order valence-electron chi connectivity index (χ4n) is 3.03. The number of rotatable bonds is 4. The first-order valence-corrected chi connectivity index (χ1v) is 10.4. The first-order chi connectivity index (χ1) is 13.6. The van der Waals surface area contributed by atoms with Crippen LogP contribution in [0.15, 0.2) is 46.0 Å². The lowest BCUT2D eigenvalue weighted by Gasteiger charge is -2.22. The average molecular weight is 461 g/mol. The van der Waals surface area contributed by atoms with Gasteiger partial charge in [-0.1, -0.05) is 45.9 Å². The van der Waals surface area contributed by atoms with Crippen LogP contribution < -0.4 is 19.5 Å². The van der Waals surface area contributed by atoms with Crippen molar-refractivity contribution in [1.29, 1.82) is 0 Å². The molecule has 3 aromatic rings. The van der Waals surface area contributed by atoms with Gasteiger partial charge in [-0.25, -0.2) is 0 Å². The lowest BCUT2D eigenvalue weighted by Crippen LogP contribution is -2.18. The van der Waals surface area contributed by atoms with Crippen LogP contribution in [0, 0.1) is 0 Å². The quantitative estimate of drug-likeness (QED) is 0.568. The zero-order chi connectivity index (χ0) is 19.7. The van der Waals surface area contributed by atoms with E-state index in [1.807, 2.05) is 42.7 Å². The summed E-state index contributed by atoms with van der Waals surface area (Å²) in [6, 6.07) is 11.6. The van der Waals surface area contributed by atoms with Gasteiger partial charge >= 0.3 is 0 Å². The van der Waals surface area contributed by atoms with E-state index in [0.717, 1.165) is 21.3 Å². The number of benzene rings is 2. The molecule has 0 amide bonds. The minimum absolute atomic E-state index is 0.405. The number of anilines is 1. The number of ether oxygens (including phenoxy) is 3. The Bertz CT molecular complexity index is 1030. The zero-order valence-electron chi connectivity index (χ0n) is 15.4. The minimum atomic E-state index is -0.574. The molecule has 0 unspecified atom stereocenters. The molecule has 7 nitrogen and oxygen atoms in total. The van der Waals surface area contributed by atoms with Crippen molar-refractivity contribution in [3.05, 3.63) is 46.4 Å². The molecule has 0 radical (unpaired) electrons. The molecule has 1 N–H and O–H groups in total. The number of fused-ring (bicyclic) bond motifs is 3. The van der Waals surface area contributed by atoms with Crippen LogP contribution in [0.3, 0.4) is 0 Å². The van der Waals surface area contributed by atoms with Crippen molar-refractivity contribution in [2.24, 2.45) is 0 Å². The zero-order valence-corrected chi connectivity index (χ0v) is 17.8. The first-order valence-electron chi connectivity index (χ1n) is 8.37. The summed E-state index contributed by atoms with van der Waals surface area (Å²) in [6.45, 7) is 0. The van der Waals surface area contributed by atoms with Crippen LogP contribution >= 0.6 is 27.7 Å². The molecule has 4 rings (SSSR count). The van der Waals surface area contributed by atoms with E-state index in [1.54, 1.807) is 14.2 Å². The summed E-state index contributed by atoms with van der Waals surface area (Å²) in [5, 5.41) is 12.5. The molecule has 9 heteroatoms. The van der Waals surface area contributed by atoms with E-state index in [0.29, 0.717) is 28.2 Å². The van der Waals surface area contributed by atoms with E-state index in [2.05, 4.69) is 36.4 Å². The molecule has 28 heavy (non-hydrogen) atoms. The second-order valence-corrected chi connectivity index (χ2v) is 7.56. The SMILES string of the molecule is COc1cc(Br)cc([C@@H]2Nc3ccccc3-c3nnc(SC)nc3O2)c1OC. The maximum absolute atomic E-state index is 6.27. The number of para-hydroxylation sites is 1. The summed E-state index contributed by atoms with van der Waals surface area (Å²) in [5.74, 6) is 1.58. The molecule has 0 saturated carbocycles. The third-order valence-electron chi connectivity index (χ3n) is 4.27. The van der Waals surface area contributed by atoms with Gasteiger partial charge in [0.25, 0.3) is 0 Å². The van der Waals surface area contributed by atoms with Crippen molar-refractivity contribution in [3.63, 3.8) is 0 Å². The number of nitrogens with one attached hydrogen (secondary N) is 1. The van der Waals surface area contributed by atoms with E-state index in [-0.39, 0.29) is 0 Å². The van der Waals surface area contributed by atoms with E-state index in [4.69, 9.17) is 14.2 Å². The highest BCUT2D eigenvalue weighted by Gasteiger charge is 2.29. The van der Waals surface area contributed by atoms with Gasteiger partial charge in [-0.2, -0.15) is 4.98 Å². The van der Waals surface area contributed by atoms with Crippen molar-refractivity contribution >= 4 is 33.4 Å². The van der Waals surface area contributed by atoms with Gasteiger partial charge in [0.05, 0.1) is 19.8 Å². The van der Waals surface area contributed by atoms with Crippen molar-refractivity contribution in [2.45, 2.75) is 11.4 Å². The highest BCUT2D eigenvalue weighted by molar-refractivity contribution is 9.10. The molecule has 0 saturated heterocycles. The second-order valence-electron chi connectivity index (χ2n) is 5.87. The molecule has 1 aliphatic rings. The Labute approximate surface area is 175 Å². The molecular formula is C19H17BrN4O3S. The number of methoxy groups -OCH3 is 2. The first kappa shape index (κ1) is 18.8. The number of aromatic nitrogens is 3. The predicted molar refractivity (Wildman–Crippen MR) is 111 cm³/mol. The number of halogens is 1. The van der Waals surface area contributed by atoms with E-state index in [1.165, 1.54) is 11.8 Å². The number of thioether (sulfide) groups is 1. The molecule has 144 valence electrons. The molecule has 0 bridgehead atoms. The predicted octanol–water partition coefficient (Wildman–Crippen LogP) is 4.54. The van der Waals surface area contributed by atoms with Crippen molar-refractivity contribution in [2.75, 3.05) is 25.8 Å². The molecule has 1 aromatic heterocycles. The number of nitrogens with zero attached hydrogens (tertiary/aromatic N) is 3. The van der Waals surface area contributed by atoms with Gasteiger partial charge in [-0.15, -0.1) is 10.2 Å². The van der Waals surface area contributed by atoms with Crippen molar-refractivity contribution in [3.8, 4) is 28.6 Å². The van der Waals surface area contributed by atoms with Crippen LogP contribution in [0.1, 0.15) is 11.8 Å². The highest BCUT2D eigenvalue weighted by Crippen LogP contribution is 2.44. The van der Waals surface area contributed by atoms with Gasteiger partial charge in [0.1, 0.15) is 0 Å². The van der Waals surface area contributed by atoms with Gasteiger partial charge in [-0.05, 0) is 24.5 Å². The summed E-state index contributed by atoms with van der Waals surface area (Å²) in [6.07, 6.45) is 1.32. The topological polar surface area (TPSA) is 78.4 Å². The Morgan fingerprint density at radius 3 is 2.71 bits per heavy atom. The summed E-state index contributed by atoms with van der Waals surface area (Å²) in [5.41, 5.74) is 3.08. The van der Waals surface area contributed by atoms with Crippen LogP contribution in [-0.2, 0) is 0 Å². The normalized spacial score (nSPS) is 14.8. The van der Waals surface area contributed by atoms with Crippen LogP contribution in [0.25, 0.3) is 11.3 Å². The number of hydrogen-bond acceptors (Lipinski definition) is 8. The van der Waals surface area contributed by atoms with Gasteiger partial charge in [0.2, 0.25) is 17.3 Å². The van der Waals surface area contributed by atoms with E-state index < -0.39 is 6.23 Å². The molecule has 0 aliphatic carbocycles. The van der Waals surface area contributed by atoms with Crippen molar-refractivity contribution < 1.29 is 14.2 Å². The fraction of sp³-hybridized carbons (Fsp3) is 0.211. The maximum Gasteiger partial charge on any atom is 0.247 e. The lowest BCUT2D eigenvalue weighted by molar-refractivity contribution is 0.218. The Balaban J connectivity index is 1.90. The van der Waals surface area contributed by atoms with Crippen LogP contribution in [0.5, 0.6) is 17.4 Å². The monoisotopic (exact) mass is 460 g/mol. The van der Waals surface area contributed by atoms with Crippen LogP contribution in [-0.4, -0.2) is 35.7 Å². The van der Waals surface area contributed by atoms with Crippen LogP contribution in [0.2, 0.25) is 0 Å². The minimum Gasteiger partial charge on any atom is -0.493 e. The van der Waals surface area contributed by atoms with Gasteiger partial charge < -0.3 is 19.5 Å². The Kier molecular flexibility index (Phi) is 5.27. The fourth-order valence-corrected chi connectivity index (χ4v) is 3.78. The van der Waals surface area contributed by atoms with Crippen molar-refractivity contribution in [1.82, 2.24) is 15.2 Å². The summed E-state index contributed by atoms with van der Waals surface area (Å²) in [7, 11) is 3.20. The third kappa shape index (κ3) is 3.35. The molecule has 1 atom stereocenters. The van der Waals surface area contributed by atoms with Gasteiger partial charge in [0, 0.05) is 15.7 Å². The van der Waals surface area contributed by atoms with Gasteiger partial charge in [-0.3, -0.25) is 0 Å². The largest absolute Gasteiger partial charge is 0.493 e. The lowest BCUT2D eigenvalue weighted by atomic mass is 10.1. The standard InChI is InChI=1S/C19H17BrN4O3S/c1-25-14-9-10(20)8-12(16(14)26-2)17-21-13-7-5-4-6-11(13)15-18(27-17)22-19(28-3)24-23-15/h4-9,17,21H,1-3H3/t17-/m1/s1. The highest BCUT2D eigenvalue weighted by atomic mass is 79.9. The Hall–Kier alpha value is -2.52. The number of hydrogen-bond donors (Lipinski definition) is 1. The molecule has 0 fully saturated rings. The molecular weight excluding hydrogens is 444 g/mol. The second kappa shape index (κ2) is 7.84. The molecule has 2 heterocycles. The molecule has 0 spiro atoms.